The lowest BCUT2D eigenvalue weighted by molar-refractivity contribution is -0.384. The molecule has 0 saturated heterocycles. The highest BCUT2D eigenvalue weighted by molar-refractivity contribution is 5.63. The number of nitro benzene ring substituents is 1. The van der Waals surface area contributed by atoms with Crippen molar-refractivity contribution in [3.8, 4) is 0 Å². The van der Waals surface area contributed by atoms with Gasteiger partial charge in [0.25, 0.3) is 5.69 Å². The van der Waals surface area contributed by atoms with Crippen LogP contribution in [0.25, 0.3) is 0 Å². The highest BCUT2D eigenvalue weighted by Gasteiger charge is 2.21. The Bertz CT molecular complexity index is 544. The molecular weight excluding hydrogens is 258 g/mol. The van der Waals surface area contributed by atoms with Gasteiger partial charge in [-0.15, -0.1) is 0 Å². The van der Waals surface area contributed by atoms with Crippen molar-refractivity contribution < 1.29 is 4.92 Å². The molecule has 0 aromatic heterocycles. The van der Waals surface area contributed by atoms with Gasteiger partial charge in [-0.3, -0.25) is 20.1 Å². The minimum absolute atomic E-state index is 0.129. The predicted octanol–water partition coefficient (Wildman–Crippen LogP) is 1.53. The zero-order valence-corrected chi connectivity index (χ0v) is 11.4. The number of nitro groups is 1. The first-order valence-electron chi connectivity index (χ1n) is 6.33. The maximum Gasteiger partial charge on any atom is 0.271 e. The van der Waals surface area contributed by atoms with E-state index < -0.39 is 0 Å². The van der Waals surface area contributed by atoms with Crippen LogP contribution >= 0.6 is 0 Å². The number of hydrogen-bond acceptors (Lipinski definition) is 5. The molecule has 7 nitrogen and oxygen atoms in total. The highest BCUT2D eigenvalue weighted by Crippen LogP contribution is 2.31. The van der Waals surface area contributed by atoms with E-state index in [0.717, 1.165) is 30.8 Å². The van der Waals surface area contributed by atoms with Crippen molar-refractivity contribution in [1.82, 2.24) is 5.01 Å². The zero-order chi connectivity index (χ0) is 14.5. The summed E-state index contributed by atoms with van der Waals surface area (Å²) in [6.45, 7) is 5.71. The second-order valence-corrected chi connectivity index (χ2v) is 4.49. The lowest BCUT2D eigenvalue weighted by Crippen LogP contribution is -2.31. The van der Waals surface area contributed by atoms with Gasteiger partial charge >= 0.3 is 0 Å². The average Bonchev–Trinajstić information content (AvgIpc) is 2.85. The molecule has 0 N–H and O–H groups in total. The standard InChI is InChI=1S/C13H17N5O2/c1-14-10-17(15-2)8-7-16-6-5-11-3-4-12(18(19)20)9-13(11)16/h3-4,9-10H,2,5-8H2,1H3. The third-order valence-corrected chi connectivity index (χ3v) is 3.30. The van der Waals surface area contributed by atoms with E-state index in [1.54, 1.807) is 30.5 Å². The molecule has 7 heteroatoms. The van der Waals surface area contributed by atoms with Gasteiger partial charge in [-0.2, -0.15) is 5.10 Å². The second-order valence-electron chi connectivity index (χ2n) is 4.49. The van der Waals surface area contributed by atoms with E-state index in [9.17, 15) is 10.1 Å². The topological polar surface area (TPSA) is 74.3 Å². The Morgan fingerprint density at radius 2 is 2.40 bits per heavy atom. The van der Waals surface area contributed by atoms with Gasteiger partial charge in [-0.05, 0) is 12.0 Å². The molecule has 1 aliphatic heterocycles. The number of aliphatic imine (C=N–C) groups is 1. The summed E-state index contributed by atoms with van der Waals surface area (Å²) in [5.74, 6) is 0. The molecule has 0 radical (unpaired) electrons. The van der Waals surface area contributed by atoms with E-state index in [4.69, 9.17) is 0 Å². The van der Waals surface area contributed by atoms with Crippen molar-refractivity contribution in [1.29, 1.82) is 0 Å². The summed E-state index contributed by atoms with van der Waals surface area (Å²) in [6.07, 6.45) is 2.52. The number of rotatable bonds is 6. The summed E-state index contributed by atoms with van der Waals surface area (Å²) in [5, 5.41) is 16.3. The van der Waals surface area contributed by atoms with Gasteiger partial charge in [0.05, 0.1) is 11.5 Å². The van der Waals surface area contributed by atoms with Gasteiger partial charge in [0.15, 0.2) is 0 Å². The van der Waals surface area contributed by atoms with Crippen LogP contribution in [0.3, 0.4) is 0 Å². The first kappa shape index (κ1) is 14.0. The first-order chi connectivity index (χ1) is 9.65. The second kappa shape index (κ2) is 6.14. The quantitative estimate of drug-likeness (QED) is 0.341. The molecule has 20 heavy (non-hydrogen) atoms. The summed E-state index contributed by atoms with van der Waals surface area (Å²) in [7, 11) is 1.67. The van der Waals surface area contributed by atoms with Gasteiger partial charge < -0.3 is 4.90 Å². The van der Waals surface area contributed by atoms with Gasteiger partial charge in [0.1, 0.15) is 6.34 Å². The molecule has 1 aromatic rings. The van der Waals surface area contributed by atoms with Crippen molar-refractivity contribution in [2.75, 3.05) is 31.6 Å². The van der Waals surface area contributed by atoms with Crippen LogP contribution in [0.5, 0.6) is 0 Å². The lowest BCUT2D eigenvalue weighted by atomic mass is 10.1. The summed E-state index contributed by atoms with van der Waals surface area (Å²) in [6, 6.07) is 5.04. The molecule has 2 rings (SSSR count). The lowest BCUT2D eigenvalue weighted by Gasteiger charge is -2.21. The smallest absolute Gasteiger partial charge is 0.271 e. The zero-order valence-electron chi connectivity index (χ0n) is 11.4. The number of hydrogen-bond donors (Lipinski definition) is 0. The minimum Gasteiger partial charge on any atom is -0.369 e. The fourth-order valence-corrected chi connectivity index (χ4v) is 2.30. The molecule has 0 aliphatic carbocycles. The SMILES string of the molecule is C=NN(C=NC)CCN1CCc2ccc([N+](=O)[O-])cc21. The van der Waals surface area contributed by atoms with Crippen LogP contribution in [-0.2, 0) is 6.42 Å². The fraction of sp³-hybridized carbons (Fsp3) is 0.385. The van der Waals surface area contributed by atoms with Crippen LogP contribution in [0.4, 0.5) is 11.4 Å². The molecule has 1 aromatic carbocycles. The molecule has 0 spiro atoms. The predicted molar refractivity (Wildman–Crippen MR) is 79.7 cm³/mol. The molecule has 1 aliphatic rings. The van der Waals surface area contributed by atoms with Crippen LogP contribution in [0.15, 0.2) is 28.3 Å². The van der Waals surface area contributed by atoms with Gasteiger partial charge in [0, 0.05) is 44.7 Å². The van der Waals surface area contributed by atoms with Crippen LogP contribution in [0, 0.1) is 10.1 Å². The summed E-state index contributed by atoms with van der Waals surface area (Å²) < 4.78 is 0. The number of hydrazone groups is 1. The molecule has 0 unspecified atom stereocenters. The Balaban J connectivity index is 2.08. The van der Waals surface area contributed by atoms with Gasteiger partial charge in [-0.1, -0.05) is 6.07 Å². The Morgan fingerprint density at radius 3 is 3.05 bits per heavy atom. The van der Waals surface area contributed by atoms with E-state index >= 15 is 0 Å². The molecule has 106 valence electrons. The molecule has 0 fully saturated rings. The van der Waals surface area contributed by atoms with Crippen LogP contribution < -0.4 is 4.90 Å². The first-order valence-corrected chi connectivity index (χ1v) is 6.33. The Labute approximate surface area is 117 Å². The Hall–Kier alpha value is -2.44. The van der Waals surface area contributed by atoms with Gasteiger partial charge in [-0.25, -0.2) is 0 Å². The summed E-state index contributed by atoms with van der Waals surface area (Å²) in [4.78, 5) is 16.5. The third kappa shape index (κ3) is 2.93. The molecule has 0 bridgehead atoms. The van der Waals surface area contributed by atoms with Crippen molar-refractivity contribution in [2.45, 2.75) is 6.42 Å². The van der Waals surface area contributed by atoms with Crippen LogP contribution in [0.1, 0.15) is 5.56 Å². The third-order valence-electron chi connectivity index (χ3n) is 3.30. The fourth-order valence-electron chi connectivity index (χ4n) is 2.30. The Morgan fingerprint density at radius 1 is 1.60 bits per heavy atom. The highest BCUT2D eigenvalue weighted by atomic mass is 16.6. The van der Waals surface area contributed by atoms with E-state index in [-0.39, 0.29) is 10.6 Å². The minimum atomic E-state index is -0.363. The normalized spacial score (nSPS) is 13.6. The van der Waals surface area contributed by atoms with Crippen molar-refractivity contribution in [2.24, 2.45) is 10.1 Å². The van der Waals surface area contributed by atoms with Crippen LogP contribution in [0.2, 0.25) is 0 Å². The van der Waals surface area contributed by atoms with E-state index in [2.05, 4.69) is 21.7 Å². The number of nitrogens with zero attached hydrogens (tertiary/aromatic N) is 5. The summed E-state index contributed by atoms with van der Waals surface area (Å²) >= 11 is 0. The number of fused-ring (bicyclic) bond motifs is 1. The summed E-state index contributed by atoms with van der Waals surface area (Å²) in [5.41, 5.74) is 2.22. The molecule has 1 heterocycles. The van der Waals surface area contributed by atoms with Crippen LogP contribution in [-0.4, -0.2) is 49.7 Å². The van der Waals surface area contributed by atoms with Crippen molar-refractivity contribution >= 4 is 24.4 Å². The number of non-ortho nitro benzene ring substituents is 1. The molecule has 0 saturated carbocycles. The van der Waals surface area contributed by atoms with Crippen molar-refractivity contribution in [3.63, 3.8) is 0 Å². The largest absolute Gasteiger partial charge is 0.369 e. The molecule has 0 amide bonds. The van der Waals surface area contributed by atoms with E-state index in [1.807, 2.05) is 6.07 Å². The molecule has 0 atom stereocenters. The maximum atomic E-state index is 10.8. The average molecular weight is 275 g/mol. The maximum absolute atomic E-state index is 10.8. The molecular formula is C13H17N5O2. The number of anilines is 1. The van der Waals surface area contributed by atoms with E-state index in [1.165, 1.54) is 0 Å². The number of benzene rings is 1. The van der Waals surface area contributed by atoms with Gasteiger partial charge in [0.2, 0.25) is 0 Å². The van der Waals surface area contributed by atoms with E-state index in [0.29, 0.717) is 6.54 Å². The van der Waals surface area contributed by atoms with Crippen molar-refractivity contribution in [3.05, 3.63) is 33.9 Å². The Kier molecular flexibility index (Phi) is 4.29. The monoisotopic (exact) mass is 275 g/mol.